The summed E-state index contributed by atoms with van der Waals surface area (Å²) in [6, 6.07) is 7.47. The lowest BCUT2D eigenvalue weighted by atomic mass is 9.83. The summed E-state index contributed by atoms with van der Waals surface area (Å²) in [4.78, 5) is 13.2. The molecule has 1 aliphatic rings. The van der Waals surface area contributed by atoms with Gasteiger partial charge >= 0.3 is 0 Å². The highest BCUT2D eigenvalue weighted by molar-refractivity contribution is 5.41. The molecule has 0 saturated heterocycles. The Morgan fingerprint density at radius 2 is 2.05 bits per heavy atom. The lowest BCUT2D eigenvalue weighted by Crippen LogP contribution is -2.44. The number of rotatable bonds is 5. The van der Waals surface area contributed by atoms with E-state index in [1.54, 1.807) is 12.1 Å². The Balaban J connectivity index is 2.22. The monoisotopic (exact) mass is 291 g/mol. The molecule has 2 rings (SSSR count). The zero-order valence-electron chi connectivity index (χ0n) is 12.9. The molecular weight excluding hydrogens is 266 g/mol. The number of nitrogens with two attached hydrogens (primary N) is 1. The van der Waals surface area contributed by atoms with Gasteiger partial charge in [0.2, 0.25) is 0 Å². The SMILES string of the molecule is CC(c1ccccc1[N+](=O)[O-])N(C)C1CCCCC1CN. The Morgan fingerprint density at radius 3 is 2.71 bits per heavy atom. The van der Waals surface area contributed by atoms with E-state index in [2.05, 4.69) is 11.9 Å². The normalized spacial score (nSPS) is 24.0. The molecule has 1 aliphatic carbocycles. The number of para-hydroxylation sites is 1. The third kappa shape index (κ3) is 3.41. The van der Waals surface area contributed by atoms with E-state index in [9.17, 15) is 10.1 Å². The second-order valence-electron chi connectivity index (χ2n) is 6.00. The summed E-state index contributed by atoms with van der Waals surface area (Å²) in [5.41, 5.74) is 6.90. The molecule has 2 N–H and O–H groups in total. The van der Waals surface area contributed by atoms with E-state index in [0.29, 0.717) is 18.5 Å². The Hall–Kier alpha value is -1.46. The van der Waals surface area contributed by atoms with Gasteiger partial charge in [0.25, 0.3) is 5.69 Å². The highest BCUT2D eigenvalue weighted by atomic mass is 16.6. The first-order chi connectivity index (χ1) is 10.1. The molecule has 116 valence electrons. The van der Waals surface area contributed by atoms with E-state index >= 15 is 0 Å². The fourth-order valence-corrected chi connectivity index (χ4v) is 3.51. The number of nitrogens with zero attached hydrogens (tertiary/aromatic N) is 2. The van der Waals surface area contributed by atoms with Crippen LogP contribution in [0, 0.1) is 16.0 Å². The summed E-state index contributed by atoms with van der Waals surface area (Å²) >= 11 is 0. The lowest BCUT2D eigenvalue weighted by Gasteiger charge is -2.40. The first kappa shape index (κ1) is 15.9. The van der Waals surface area contributed by atoms with Gasteiger partial charge in [0, 0.05) is 23.7 Å². The number of hydrogen-bond donors (Lipinski definition) is 1. The largest absolute Gasteiger partial charge is 0.330 e. The molecule has 0 heterocycles. The van der Waals surface area contributed by atoms with Gasteiger partial charge in [-0.05, 0) is 39.3 Å². The molecule has 0 amide bonds. The Labute approximate surface area is 126 Å². The average molecular weight is 291 g/mol. The number of nitro benzene ring substituents is 1. The molecular formula is C16H25N3O2. The first-order valence-corrected chi connectivity index (χ1v) is 7.71. The van der Waals surface area contributed by atoms with Gasteiger partial charge in [0.05, 0.1) is 4.92 Å². The van der Waals surface area contributed by atoms with Crippen LogP contribution in [0.2, 0.25) is 0 Å². The minimum atomic E-state index is -0.291. The topological polar surface area (TPSA) is 72.4 Å². The minimum Gasteiger partial charge on any atom is -0.330 e. The van der Waals surface area contributed by atoms with E-state index in [1.807, 2.05) is 19.1 Å². The van der Waals surface area contributed by atoms with Crippen molar-refractivity contribution in [3.8, 4) is 0 Å². The van der Waals surface area contributed by atoms with Gasteiger partial charge in [0.15, 0.2) is 0 Å². The van der Waals surface area contributed by atoms with Gasteiger partial charge in [-0.2, -0.15) is 0 Å². The molecule has 3 unspecified atom stereocenters. The molecule has 0 spiro atoms. The fourth-order valence-electron chi connectivity index (χ4n) is 3.51. The standard InChI is InChI=1S/C16H25N3O2/c1-12(14-8-4-6-10-16(14)19(20)21)18(2)15-9-5-3-7-13(15)11-17/h4,6,8,10,12-13,15H,3,5,7,9,11,17H2,1-2H3. The highest BCUT2D eigenvalue weighted by Crippen LogP contribution is 2.34. The van der Waals surface area contributed by atoms with Crippen LogP contribution >= 0.6 is 0 Å². The molecule has 3 atom stereocenters. The van der Waals surface area contributed by atoms with E-state index in [0.717, 1.165) is 18.4 Å². The van der Waals surface area contributed by atoms with Crippen molar-refractivity contribution in [2.45, 2.75) is 44.7 Å². The molecule has 5 heteroatoms. The average Bonchev–Trinajstić information content (AvgIpc) is 2.53. The molecule has 1 aromatic rings. The molecule has 1 fully saturated rings. The predicted molar refractivity (Wildman–Crippen MR) is 84.1 cm³/mol. The van der Waals surface area contributed by atoms with Gasteiger partial charge in [-0.3, -0.25) is 15.0 Å². The third-order valence-electron chi connectivity index (χ3n) is 4.89. The van der Waals surface area contributed by atoms with Crippen molar-refractivity contribution in [1.29, 1.82) is 0 Å². The summed E-state index contributed by atoms with van der Waals surface area (Å²) in [7, 11) is 2.07. The van der Waals surface area contributed by atoms with Crippen LogP contribution in [0.25, 0.3) is 0 Å². The Bertz CT molecular complexity index is 492. The highest BCUT2D eigenvalue weighted by Gasteiger charge is 2.31. The maximum absolute atomic E-state index is 11.2. The quantitative estimate of drug-likeness (QED) is 0.668. The molecule has 0 aromatic heterocycles. The maximum atomic E-state index is 11.2. The second kappa shape index (κ2) is 7.00. The van der Waals surface area contributed by atoms with Gasteiger partial charge in [-0.15, -0.1) is 0 Å². The third-order valence-corrected chi connectivity index (χ3v) is 4.89. The summed E-state index contributed by atoms with van der Waals surface area (Å²) in [5.74, 6) is 0.494. The van der Waals surface area contributed by atoms with Gasteiger partial charge in [0.1, 0.15) is 0 Å². The van der Waals surface area contributed by atoms with Crippen LogP contribution in [-0.4, -0.2) is 29.5 Å². The van der Waals surface area contributed by atoms with Crippen LogP contribution < -0.4 is 5.73 Å². The van der Waals surface area contributed by atoms with Gasteiger partial charge < -0.3 is 5.73 Å². The molecule has 21 heavy (non-hydrogen) atoms. The van der Waals surface area contributed by atoms with Crippen LogP contribution in [0.5, 0.6) is 0 Å². The van der Waals surface area contributed by atoms with Crippen LogP contribution in [0.15, 0.2) is 24.3 Å². The van der Waals surface area contributed by atoms with Crippen LogP contribution in [0.3, 0.4) is 0 Å². The molecule has 1 aromatic carbocycles. The van der Waals surface area contributed by atoms with Gasteiger partial charge in [-0.25, -0.2) is 0 Å². The van der Waals surface area contributed by atoms with Crippen molar-refractivity contribution < 1.29 is 4.92 Å². The molecule has 0 aliphatic heterocycles. The van der Waals surface area contributed by atoms with Crippen LogP contribution in [0.4, 0.5) is 5.69 Å². The molecule has 0 bridgehead atoms. The molecule has 5 nitrogen and oxygen atoms in total. The summed E-state index contributed by atoms with van der Waals surface area (Å²) in [6.45, 7) is 2.74. The van der Waals surface area contributed by atoms with Crippen LogP contribution in [-0.2, 0) is 0 Å². The molecule has 1 saturated carbocycles. The van der Waals surface area contributed by atoms with Gasteiger partial charge in [-0.1, -0.05) is 31.0 Å². The maximum Gasteiger partial charge on any atom is 0.274 e. The van der Waals surface area contributed by atoms with Crippen molar-refractivity contribution in [1.82, 2.24) is 4.90 Å². The Kier molecular flexibility index (Phi) is 5.31. The fraction of sp³-hybridized carbons (Fsp3) is 0.625. The summed E-state index contributed by atoms with van der Waals surface area (Å²) in [6.07, 6.45) is 4.75. The number of benzene rings is 1. The lowest BCUT2D eigenvalue weighted by molar-refractivity contribution is -0.386. The van der Waals surface area contributed by atoms with E-state index in [1.165, 1.54) is 12.8 Å². The summed E-state index contributed by atoms with van der Waals surface area (Å²) in [5, 5.41) is 11.2. The second-order valence-corrected chi connectivity index (χ2v) is 6.00. The van der Waals surface area contributed by atoms with E-state index in [4.69, 9.17) is 5.73 Å². The molecule has 0 radical (unpaired) electrons. The van der Waals surface area contributed by atoms with Crippen molar-refractivity contribution >= 4 is 5.69 Å². The van der Waals surface area contributed by atoms with E-state index in [-0.39, 0.29) is 16.7 Å². The zero-order valence-corrected chi connectivity index (χ0v) is 12.9. The van der Waals surface area contributed by atoms with Crippen molar-refractivity contribution in [3.05, 3.63) is 39.9 Å². The first-order valence-electron chi connectivity index (χ1n) is 7.71. The summed E-state index contributed by atoms with van der Waals surface area (Å²) < 4.78 is 0. The number of hydrogen-bond acceptors (Lipinski definition) is 4. The minimum absolute atomic E-state index is 0.0174. The van der Waals surface area contributed by atoms with Crippen molar-refractivity contribution in [2.24, 2.45) is 11.7 Å². The Morgan fingerprint density at radius 1 is 1.38 bits per heavy atom. The predicted octanol–water partition coefficient (Wildman–Crippen LogP) is 3.11. The smallest absolute Gasteiger partial charge is 0.274 e. The van der Waals surface area contributed by atoms with Crippen molar-refractivity contribution in [3.63, 3.8) is 0 Å². The van der Waals surface area contributed by atoms with E-state index < -0.39 is 0 Å². The van der Waals surface area contributed by atoms with Crippen molar-refractivity contribution in [2.75, 3.05) is 13.6 Å². The zero-order chi connectivity index (χ0) is 15.4. The van der Waals surface area contributed by atoms with Crippen LogP contribution in [0.1, 0.15) is 44.2 Å². The number of nitro groups is 1.